The fraction of sp³-hybridized carbons (Fsp3) is 0.833. The molecule has 0 bridgehead atoms. The van der Waals surface area contributed by atoms with E-state index >= 15 is 0 Å². The van der Waals surface area contributed by atoms with Crippen LogP contribution in [0.2, 0.25) is 0 Å². The molecule has 2 fully saturated rings. The van der Waals surface area contributed by atoms with Gasteiger partial charge in [-0.15, -0.1) is 0 Å². The Bertz CT molecular complexity index is 416. The molecule has 2 aliphatic rings. The van der Waals surface area contributed by atoms with Crippen molar-refractivity contribution < 1.29 is 27.9 Å². The minimum absolute atomic E-state index is 0.181. The van der Waals surface area contributed by atoms with Crippen LogP contribution in [0.4, 0.5) is 18.0 Å². The number of rotatable bonds is 3. The number of nitrogens with zero attached hydrogens (tertiary/aromatic N) is 3. The molecule has 0 saturated carbocycles. The molecule has 1 unspecified atom stereocenters. The smallest absolute Gasteiger partial charge is 0.406 e. The number of hydrogen-bond donors (Lipinski definition) is 1. The van der Waals surface area contributed by atoms with Gasteiger partial charge in [-0.2, -0.15) is 13.2 Å². The normalized spacial score (nSPS) is 23.0. The zero-order valence-corrected chi connectivity index (χ0v) is 11.5. The van der Waals surface area contributed by atoms with E-state index in [1.807, 2.05) is 0 Å². The molecule has 0 spiro atoms. The van der Waals surface area contributed by atoms with E-state index in [2.05, 4.69) is 4.90 Å². The van der Waals surface area contributed by atoms with E-state index in [1.165, 1.54) is 4.90 Å². The van der Waals surface area contributed by atoms with Gasteiger partial charge in [0.1, 0.15) is 13.1 Å². The maximum atomic E-state index is 12.5. The number of fused-ring (bicyclic) bond motifs is 1. The van der Waals surface area contributed by atoms with Crippen LogP contribution in [0.3, 0.4) is 0 Å². The fourth-order valence-corrected chi connectivity index (χ4v) is 2.94. The molecule has 120 valence electrons. The Labute approximate surface area is 120 Å². The Morgan fingerprint density at radius 1 is 1.24 bits per heavy atom. The highest BCUT2D eigenvalue weighted by molar-refractivity contribution is 5.80. The van der Waals surface area contributed by atoms with Crippen LogP contribution in [0.1, 0.15) is 12.8 Å². The van der Waals surface area contributed by atoms with Crippen LogP contribution >= 0.6 is 0 Å². The molecule has 0 aromatic carbocycles. The van der Waals surface area contributed by atoms with Crippen molar-refractivity contribution in [3.8, 4) is 0 Å². The Balaban J connectivity index is 2.01. The molecule has 21 heavy (non-hydrogen) atoms. The van der Waals surface area contributed by atoms with Crippen molar-refractivity contribution in [1.29, 1.82) is 0 Å². The van der Waals surface area contributed by atoms with Gasteiger partial charge < -0.3 is 14.9 Å². The first-order chi connectivity index (χ1) is 9.76. The Hall–Kier alpha value is -1.51. The van der Waals surface area contributed by atoms with Gasteiger partial charge in [-0.05, 0) is 19.4 Å². The molecule has 2 saturated heterocycles. The van der Waals surface area contributed by atoms with Gasteiger partial charge in [0.15, 0.2) is 0 Å². The van der Waals surface area contributed by atoms with Crippen molar-refractivity contribution in [3.05, 3.63) is 0 Å². The third-order valence-electron chi connectivity index (χ3n) is 3.82. The van der Waals surface area contributed by atoms with E-state index in [4.69, 9.17) is 5.11 Å². The van der Waals surface area contributed by atoms with E-state index in [0.29, 0.717) is 24.5 Å². The van der Waals surface area contributed by atoms with E-state index in [-0.39, 0.29) is 6.04 Å². The minimum Gasteiger partial charge on any atom is -0.480 e. The Morgan fingerprint density at radius 3 is 2.57 bits per heavy atom. The van der Waals surface area contributed by atoms with Crippen LogP contribution in [-0.4, -0.2) is 83.3 Å². The maximum Gasteiger partial charge on any atom is 0.406 e. The standard InChI is InChI=1S/C12H18F3N3O3/c13-12(14,15)8-18(7-10(19)20)11(21)17-5-4-16-3-1-2-9(16)6-17/h9H,1-8H2,(H,19,20). The summed E-state index contributed by atoms with van der Waals surface area (Å²) in [7, 11) is 0. The maximum absolute atomic E-state index is 12.5. The second kappa shape index (κ2) is 6.08. The fourth-order valence-electron chi connectivity index (χ4n) is 2.94. The van der Waals surface area contributed by atoms with Crippen molar-refractivity contribution >= 4 is 12.0 Å². The van der Waals surface area contributed by atoms with Gasteiger partial charge in [-0.1, -0.05) is 0 Å². The van der Waals surface area contributed by atoms with Crippen LogP contribution in [0, 0.1) is 0 Å². The second-order valence-corrected chi connectivity index (χ2v) is 5.43. The molecule has 1 atom stereocenters. The molecule has 1 N–H and O–H groups in total. The third kappa shape index (κ3) is 4.23. The third-order valence-corrected chi connectivity index (χ3v) is 3.82. The average molecular weight is 309 g/mol. The lowest BCUT2D eigenvalue weighted by Gasteiger charge is -2.39. The zero-order valence-electron chi connectivity index (χ0n) is 11.5. The molecule has 0 aliphatic carbocycles. The largest absolute Gasteiger partial charge is 0.480 e. The summed E-state index contributed by atoms with van der Waals surface area (Å²) in [6.07, 6.45) is -2.67. The molecule has 9 heteroatoms. The summed E-state index contributed by atoms with van der Waals surface area (Å²) in [6, 6.07) is -0.665. The molecular weight excluding hydrogens is 291 g/mol. The number of carboxylic acids is 1. The number of urea groups is 1. The zero-order chi connectivity index (χ0) is 15.6. The van der Waals surface area contributed by atoms with E-state index in [1.54, 1.807) is 0 Å². The van der Waals surface area contributed by atoms with E-state index in [0.717, 1.165) is 19.4 Å². The lowest BCUT2D eigenvalue weighted by Crippen LogP contribution is -2.57. The average Bonchev–Trinajstić information content (AvgIpc) is 2.81. The molecule has 2 aliphatic heterocycles. The second-order valence-electron chi connectivity index (χ2n) is 5.43. The molecule has 6 nitrogen and oxygen atoms in total. The number of amides is 2. The molecule has 2 heterocycles. The summed E-state index contributed by atoms with van der Waals surface area (Å²) < 4.78 is 37.5. The van der Waals surface area contributed by atoms with Gasteiger partial charge in [0.25, 0.3) is 0 Å². The van der Waals surface area contributed by atoms with Gasteiger partial charge in [0, 0.05) is 25.7 Å². The van der Waals surface area contributed by atoms with E-state index in [9.17, 15) is 22.8 Å². The lowest BCUT2D eigenvalue weighted by atomic mass is 10.1. The van der Waals surface area contributed by atoms with Crippen molar-refractivity contribution in [2.75, 3.05) is 39.3 Å². The predicted octanol–water partition coefficient (Wildman–Crippen LogP) is 0.835. The highest BCUT2D eigenvalue weighted by Gasteiger charge is 2.38. The number of alkyl halides is 3. The van der Waals surface area contributed by atoms with Gasteiger partial charge in [0.2, 0.25) is 0 Å². The summed E-state index contributed by atoms with van der Waals surface area (Å²) in [5.41, 5.74) is 0. The summed E-state index contributed by atoms with van der Waals surface area (Å²) in [5, 5.41) is 8.69. The molecule has 0 aromatic rings. The van der Waals surface area contributed by atoms with E-state index < -0.39 is 31.3 Å². The number of piperazine rings is 1. The Morgan fingerprint density at radius 2 is 1.95 bits per heavy atom. The minimum atomic E-state index is -4.61. The number of carbonyl (C=O) groups excluding carboxylic acids is 1. The highest BCUT2D eigenvalue weighted by Crippen LogP contribution is 2.23. The summed E-state index contributed by atoms with van der Waals surface area (Å²) in [6.45, 7) is -0.195. The summed E-state index contributed by atoms with van der Waals surface area (Å²) in [5.74, 6) is -1.45. The van der Waals surface area contributed by atoms with Gasteiger partial charge in [0.05, 0.1) is 0 Å². The molecular formula is C12H18F3N3O3. The molecule has 2 rings (SSSR count). The first-order valence-corrected chi connectivity index (χ1v) is 6.83. The lowest BCUT2D eigenvalue weighted by molar-refractivity contribution is -0.150. The topological polar surface area (TPSA) is 64.1 Å². The van der Waals surface area contributed by atoms with Crippen LogP contribution in [0.15, 0.2) is 0 Å². The first kappa shape index (κ1) is 15.9. The SMILES string of the molecule is O=C(O)CN(CC(F)(F)F)C(=O)N1CCN2CCCC2C1. The van der Waals surface area contributed by atoms with Gasteiger partial charge >= 0.3 is 18.2 Å². The molecule has 0 radical (unpaired) electrons. The summed E-state index contributed by atoms with van der Waals surface area (Å²) in [4.78, 5) is 26.8. The molecule has 0 aromatic heterocycles. The predicted molar refractivity (Wildman–Crippen MR) is 66.8 cm³/mol. The number of hydrogen-bond acceptors (Lipinski definition) is 3. The van der Waals surface area contributed by atoms with Crippen molar-refractivity contribution in [2.24, 2.45) is 0 Å². The van der Waals surface area contributed by atoms with Crippen LogP contribution in [-0.2, 0) is 4.79 Å². The highest BCUT2D eigenvalue weighted by atomic mass is 19.4. The number of halogens is 3. The van der Waals surface area contributed by atoms with Crippen LogP contribution < -0.4 is 0 Å². The first-order valence-electron chi connectivity index (χ1n) is 6.83. The van der Waals surface area contributed by atoms with Crippen molar-refractivity contribution in [2.45, 2.75) is 25.1 Å². The van der Waals surface area contributed by atoms with Crippen molar-refractivity contribution in [1.82, 2.24) is 14.7 Å². The van der Waals surface area contributed by atoms with Crippen LogP contribution in [0.5, 0.6) is 0 Å². The van der Waals surface area contributed by atoms with Gasteiger partial charge in [-0.3, -0.25) is 9.69 Å². The number of aliphatic carboxylic acids is 1. The van der Waals surface area contributed by atoms with Crippen LogP contribution in [0.25, 0.3) is 0 Å². The number of carbonyl (C=O) groups is 2. The van der Waals surface area contributed by atoms with Crippen molar-refractivity contribution in [3.63, 3.8) is 0 Å². The Kier molecular flexibility index (Phi) is 4.60. The molecule has 2 amide bonds. The quantitative estimate of drug-likeness (QED) is 0.839. The van der Waals surface area contributed by atoms with Gasteiger partial charge in [-0.25, -0.2) is 4.79 Å². The monoisotopic (exact) mass is 309 g/mol. The summed E-state index contributed by atoms with van der Waals surface area (Å²) >= 11 is 0. The number of carboxylic acid groups (broad SMARTS) is 1.